The van der Waals surface area contributed by atoms with E-state index in [-0.39, 0.29) is 23.3 Å². The first-order valence-electron chi connectivity index (χ1n) is 5.48. The first kappa shape index (κ1) is 11.7. The summed E-state index contributed by atoms with van der Waals surface area (Å²) in [4.78, 5) is 13.8. The van der Waals surface area contributed by atoms with E-state index in [9.17, 15) is 9.90 Å². The topological polar surface area (TPSA) is 61.8 Å². The summed E-state index contributed by atoms with van der Waals surface area (Å²) in [5.41, 5.74) is 0.277. The van der Waals surface area contributed by atoms with E-state index in [2.05, 4.69) is 5.32 Å². The van der Waals surface area contributed by atoms with E-state index >= 15 is 0 Å². The van der Waals surface area contributed by atoms with E-state index in [1.165, 1.54) is 13.2 Å². The number of rotatable bonds is 3. The van der Waals surface area contributed by atoms with Crippen LogP contribution in [-0.4, -0.2) is 49.2 Å². The van der Waals surface area contributed by atoms with Crippen molar-refractivity contribution in [3.8, 4) is 11.5 Å². The number of nitrogens with one attached hydrogen (secondary N) is 1. The molecule has 0 aliphatic carbocycles. The number of hydrogen-bond acceptors (Lipinski definition) is 4. The molecule has 1 aromatic rings. The highest BCUT2D eigenvalue weighted by Gasteiger charge is 2.27. The van der Waals surface area contributed by atoms with Gasteiger partial charge in [-0.25, -0.2) is 0 Å². The lowest BCUT2D eigenvalue weighted by Gasteiger charge is -2.35. The van der Waals surface area contributed by atoms with E-state index in [1.54, 1.807) is 24.1 Å². The van der Waals surface area contributed by atoms with E-state index in [0.717, 1.165) is 13.1 Å². The smallest absolute Gasteiger partial charge is 0.257 e. The van der Waals surface area contributed by atoms with Crippen molar-refractivity contribution < 1.29 is 14.6 Å². The van der Waals surface area contributed by atoms with Gasteiger partial charge in [-0.05, 0) is 18.2 Å². The third-order valence-corrected chi connectivity index (χ3v) is 3.06. The van der Waals surface area contributed by atoms with E-state index in [0.29, 0.717) is 5.75 Å². The van der Waals surface area contributed by atoms with Gasteiger partial charge in [-0.1, -0.05) is 0 Å². The van der Waals surface area contributed by atoms with Crippen molar-refractivity contribution in [3.05, 3.63) is 23.8 Å². The van der Waals surface area contributed by atoms with Crippen LogP contribution in [0.3, 0.4) is 0 Å². The van der Waals surface area contributed by atoms with Gasteiger partial charge in [0.05, 0.1) is 18.7 Å². The van der Waals surface area contributed by atoms with E-state index < -0.39 is 0 Å². The zero-order valence-electron chi connectivity index (χ0n) is 9.93. The van der Waals surface area contributed by atoms with Crippen LogP contribution < -0.4 is 10.1 Å². The highest BCUT2D eigenvalue weighted by atomic mass is 16.5. The Morgan fingerprint density at radius 1 is 1.53 bits per heavy atom. The molecule has 1 aliphatic heterocycles. The minimum atomic E-state index is -0.187. The molecule has 17 heavy (non-hydrogen) atoms. The number of hydrogen-bond donors (Lipinski definition) is 2. The van der Waals surface area contributed by atoms with Gasteiger partial charge in [0.2, 0.25) is 0 Å². The minimum Gasteiger partial charge on any atom is -0.507 e. The zero-order chi connectivity index (χ0) is 12.4. The predicted molar refractivity (Wildman–Crippen MR) is 63.4 cm³/mol. The molecule has 5 nitrogen and oxygen atoms in total. The van der Waals surface area contributed by atoms with Crippen LogP contribution in [-0.2, 0) is 0 Å². The molecule has 0 spiro atoms. The van der Waals surface area contributed by atoms with Gasteiger partial charge in [0.15, 0.2) is 0 Å². The van der Waals surface area contributed by atoms with Crippen LogP contribution >= 0.6 is 0 Å². The Morgan fingerprint density at radius 3 is 2.76 bits per heavy atom. The molecule has 1 heterocycles. The number of carbonyl (C=O) groups is 1. The Kier molecular flexibility index (Phi) is 3.19. The predicted octanol–water partition coefficient (Wildman–Crippen LogP) is 0.445. The van der Waals surface area contributed by atoms with Gasteiger partial charge in [0, 0.05) is 20.1 Å². The molecule has 2 N–H and O–H groups in total. The molecule has 1 fully saturated rings. The summed E-state index contributed by atoms with van der Waals surface area (Å²) in [7, 11) is 3.27. The number of phenols is 1. The fraction of sp³-hybridized carbons (Fsp3) is 0.417. The monoisotopic (exact) mass is 236 g/mol. The first-order valence-corrected chi connectivity index (χ1v) is 5.48. The van der Waals surface area contributed by atoms with Crippen molar-refractivity contribution in [2.45, 2.75) is 6.04 Å². The van der Waals surface area contributed by atoms with Crippen molar-refractivity contribution in [2.75, 3.05) is 27.2 Å². The number of nitrogens with zero attached hydrogens (tertiary/aromatic N) is 1. The fourth-order valence-corrected chi connectivity index (χ4v) is 1.72. The fourth-order valence-electron chi connectivity index (χ4n) is 1.72. The maximum Gasteiger partial charge on any atom is 0.257 e. The van der Waals surface area contributed by atoms with Crippen molar-refractivity contribution in [3.63, 3.8) is 0 Å². The molecule has 1 saturated heterocycles. The van der Waals surface area contributed by atoms with Gasteiger partial charge in [-0.2, -0.15) is 0 Å². The second kappa shape index (κ2) is 4.63. The number of aromatic hydroxyl groups is 1. The minimum absolute atomic E-state index is 0.0186. The summed E-state index contributed by atoms with van der Waals surface area (Å²) in [6, 6.07) is 4.85. The van der Waals surface area contributed by atoms with E-state index in [4.69, 9.17) is 4.74 Å². The summed E-state index contributed by atoms with van der Waals surface area (Å²) < 4.78 is 5.05. The van der Waals surface area contributed by atoms with Crippen molar-refractivity contribution in [1.29, 1.82) is 0 Å². The average Bonchev–Trinajstić information content (AvgIpc) is 2.26. The molecule has 0 atom stereocenters. The van der Waals surface area contributed by atoms with Crippen LogP contribution in [0.25, 0.3) is 0 Å². The molecule has 5 heteroatoms. The lowest BCUT2D eigenvalue weighted by molar-refractivity contribution is 0.0678. The molecule has 1 aliphatic rings. The molecular formula is C12H16N2O3. The zero-order valence-corrected chi connectivity index (χ0v) is 9.93. The number of methoxy groups -OCH3 is 1. The molecule has 0 radical (unpaired) electrons. The van der Waals surface area contributed by atoms with Gasteiger partial charge in [-0.15, -0.1) is 0 Å². The third kappa shape index (κ3) is 2.19. The summed E-state index contributed by atoms with van der Waals surface area (Å²) in [5, 5.41) is 12.8. The molecule has 0 aromatic heterocycles. The maximum absolute atomic E-state index is 12.2. The normalized spacial score (nSPS) is 15.2. The van der Waals surface area contributed by atoms with Crippen LogP contribution in [0, 0.1) is 0 Å². The number of phenolic OH excluding ortho intramolecular Hbond substituents is 1. The highest BCUT2D eigenvalue weighted by molar-refractivity contribution is 5.97. The second-order valence-electron chi connectivity index (χ2n) is 4.11. The molecule has 92 valence electrons. The molecule has 1 aromatic carbocycles. The van der Waals surface area contributed by atoms with Gasteiger partial charge < -0.3 is 20.1 Å². The summed E-state index contributed by atoms with van der Waals surface area (Å²) in [6.45, 7) is 1.60. The Labute approximate surface area is 100.0 Å². The Balaban J connectivity index is 2.22. The van der Waals surface area contributed by atoms with Gasteiger partial charge in [0.25, 0.3) is 5.91 Å². The Hall–Kier alpha value is -1.75. The van der Waals surface area contributed by atoms with Crippen molar-refractivity contribution in [2.24, 2.45) is 0 Å². The van der Waals surface area contributed by atoms with Crippen LogP contribution in [0.15, 0.2) is 18.2 Å². The third-order valence-electron chi connectivity index (χ3n) is 3.06. The highest BCUT2D eigenvalue weighted by Crippen LogP contribution is 2.24. The number of carbonyl (C=O) groups excluding carboxylic acids is 1. The van der Waals surface area contributed by atoms with Crippen LogP contribution in [0.1, 0.15) is 10.4 Å². The lowest BCUT2D eigenvalue weighted by atomic mass is 10.1. The molecule has 0 bridgehead atoms. The van der Waals surface area contributed by atoms with E-state index in [1.807, 2.05) is 0 Å². The standard InChI is InChI=1S/C12H16N2O3/c1-14(8-6-13-7-8)12(16)10-5-9(17-2)3-4-11(10)15/h3-5,8,13,15H,6-7H2,1-2H3. The molecule has 1 amide bonds. The Bertz CT molecular complexity index is 430. The number of amides is 1. The number of benzene rings is 1. The van der Waals surface area contributed by atoms with Gasteiger partial charge >= 0.3 is 0 Å². The quantitative estimate of drug-likeness (QED) is 0.799. The summed E-state index contributed by atoms with van der Waals surface area (Å²) >= 11 is 0. The first-order chi connectivity index (χ1) is 8.13. The summed E-state index contributed by atoms with van der Waals surface area (Å²) in [6.07, 6.45) is 0. The Morgan fingerprint density at radius 2 is 2.24 bits per heavy atom. The number of ether oxygens (including phenoxy) is 1. The average molecular weight is 236 g/mol. The summed E-state index contributed by atoms with van der Waals surface area (Å²) in [5.74, 6) is 0.356. The van der Waals surface area contributed by atoms with Gasteiger partial charge in [-0.3, -0.25) is 4.79 Å². The maximum atomic E-state index is 12.2. The second-order valence-corrected chi connectivity index (χ2v) is 4.11. The molecule has 2 rings (SSSR count). The molecule has 0 unspecified atom stereocenters. The number of likely N-dealkylation sites (N-methyl/N-ethyl adjacent to an activating group) is 1. The molecule has 0 saturated carbocycles. The van der Waals surface area contributed by atoms with Crippen LogP contribution in [0.4, 0.5) is 0 Å². The van der Waals surface area contributed by atoms with Gasteiger partial charge in [0.1, 0.15) is 11.5 Å². The molecular weight excluding hydrogens is 220 g/mol. The van der Waals surface area contributed by atoms with Crippen molar-refractivity contribution >= 4 is 5.91 Å². The SMILES string of the molecule is COc1ccc(O)c(C(=O)N(C)C2CNC2)c1. The van der Waals surface area contributed by atoms with Crippen molar-refractivity contribution in [1.82, 2.24) is 10.2 Å². The van der Waals surface area contributed by atoms with Crippen LogP contribution in [0.2, 0.25) is 0 Å². The largest absolute Gasteiger partial charge is 0.507 e. The van der Waals surface area contributed by atoms with Crippen LogP contribution in [0.5, 0.6) is 11.5 Å². The lowest BCUT2D eigenvalue weighted by Crippen LogP contribution is -2.57.